The third-order valence-electron chi connectivity index (χ3n) is 10.6. The van der Waals surface area contributed by atoms with Crippen LogP contribution >= 0.6 is 11.3 Å². The Labute approximate surface area is 281 Å². The van der Waals surface area contributed by atoms with Gasteiger partial charge in [0.05, 0.1) is 16.6 Å². The molecule has 4 heteroatoms. The Kier molecular flexibility index (Phi) is 5.18. The van der Waals surface area contributed by atoms with Crippen molar-refractivity contribution in [2.45, 2.75) is 18.5 Å². The van der Waals surface area contributed by atoms with E-state index in [0.717, 1.165) is 38.9 Å². The molecule has 0 bridgehead atoms. The smallest absolute Gasteiger partial charge is 0.148 e. The first-order valence-electron chi connectivity index (χ1n) is 16.5. The lowest BCUT2D eigenvalue weighted by Crippen LogP contribution is -2.44. The average Bonchev–Trinajstić information content (AvgIpc) is 3.81. The van der Waals surface area contributed by atoms with E-state index >= 15 is 0 Å². The number of furan rings is 1. The standard InChI is InChI=1S/C44H28N2OS/c1-44-36-15-6-3-10-28(36)22-24-39(44)46-37(25-35-34-23-21-26-9-2-4-11-31(26)41(34)48-42(35)43(46)45-44)29-19-17-27(18-20-29)30-13-8-14-33-32-12-5-7-16-38(32)47-40(30)33/h2-25,39H,1H3. The molecule has 0 saturated heterocycles. The summed E-state index contributed by atoms with van der Waals surface area (Å²) in [5.41, 5.74) is 9.83. The molecule has 11 rings (SSSR count). The molecule has 2 aliphatic heterocycles. The van der Waals surface area contributed by atoms with Crippen molar-refractivity contribution in [3.05, 3.63) is 161 Å². The van der Waals surface area contributed by atoms with Crippen molar-refractivity contribution in [3.63, 3.8) is 0 Å². The number of fused-ring (bicyclic) bond motifs is 14. The minimum atomic E-state index is -0.406. The van der Waals surface area contributed by atoms with E-state index in [2.05, 4.69) is 145 Å². The maximum absolute atomic E-state index is 6.40. The van der Waals surface area contributed by atoms with Crippen LogP contribution in [-0.2, 0) is 5.54 Å². The summed E-state index contributed by atoms with van der Waals surface area (Å²) in [7, 11) is 0. The van der Waals surface area contributed by atoms with Gasteiger partial charge >= 0.3 is 0 Å². The molecule has 0 radical (unpaired) electrons. The Bertz CT molecular complexity index is 2760. The van der Waals surface area contributed by atoms with E-state index in [-0.39, 0.29) is 6.04 Å². The summed E-state index contributed by atoms with van der Waals surface area (Å²) in [6.45, 7) is 2.31. The van der Waals surface area contributed by atoms with Crippen molar-refractivity contribution in [1.29, 1.82) is 0 Å². The van der Waals surface area contributed by atoms with Crippen LogP contribution in [0.25, 0.3) is 71.8 Å². The highest BCUT2D eigenvalue weighted by Crippen LogP contribution is 2.52. The van der Waals surface area contributed by atoms with Crippen molar-refractivity contribution in [2.24, 2.45) is 4.99 Å². The fraction of sp³-hybridized carbons (Fsp3) is 0.0682. The molecule has 226 valence electrons. The summed E-state index contributed by atoms with van der Waals surface area (Å²) >= 11 is 1.88. The summed E-state index contributed by atoms with van der Waals surface area (Å²) in [4.78, 5) is 9.42. The van der Waals surface area contributed by atoms with E-state index in [1.165, 1.54) is 53.7 Å². The number of para-hydroxylation sites is 2. The zero-order valence-electron chi connectivity index (χ0n) is 26.1. The van der Waals surface area contributed by atoms with Crippen LogP contribution in [0.2, 0.25) is 0 Å². The summed E-state index contributed by atoms with van der Waals surface area (Å²) in [6, 6.07) is 45.8. The molecule has 48 heavy (non-hydrogen) atoms. The molecule has 1 aliphatic carbocycles. The first-order chi connectivity index (χ1) is 23.7. The van der Waals surface area contributed by atoms with Crippen LogP contribution in [0.15, 0.2) is 143 Å². The van der Waals surface area contributed by atoms with Crippen LogP contribution in [0.1, 0.15) is 34.1 Å². The highest BCUT2D eigenvalue weighted by molar-refractivity contribution is 7.22. The Hall–Kier alpha value is -5.71. The van der Waals surface area contributed by atoms with Gasteiger partial charge < -0.3 is 9.32 Å². The van der Waals surface area contributed by atoms with Crippen LogP contribution in [-0.4, -0.2) is 16.8 Å². The van der Waals surface area contributed by atoms with E-state index in [9.17, 15) is 0 Å². The van der Waals surface area contributed by atoms with Gasteiger partial charge in [-0.25, -0.2) is 0 Å². The van der Waals surface area contributed by atoms with Crippen molar-refractivity contribution < 1.29 is 4.42 Å². The zero-order chi connectivity index (χ0) is 31.6. The molecule has 0 N–H and O–H groups in total. The summed E-state index contributed by atoms with van der Waals surface area (Å²) in [6.07, 6.45) is 7.05. The maximum atomic E-state index is 6.40. The topological polar surface area (TPSA) is 28.7 Å². The van der Waals surface area contributed by atoms with Crippen LogP contribution < -0.4 is 0 Å². The van der Waals surface area contributed by atoms with Crippen molar-refractivity contribution in [3.8, 4) is 11.1 Å². The van der Waals surface area contributed by atoms with Crippen LogP contribution in [0.5, 0.6) is 0 Å². The van der Waals surface area contributed by atoms with Crippen LogP contribution in [0.4, 0.5) is 0 Å². The third-order valence-corrected chi connectivity index (χ3v) is 11.9. The van der Waals surface area contributed by atoms with Gasteiger partial charge in [0, 0.05) is 32.0 Å². The Morgan fingerprint density at radius 3 is 2.40 bits per heavy atom. The lowest BCUT2D eigenvalue weighted by atomic mass is 9.78. The second-order valence-corrected chi connectivity index (χ2v) is 14.3. The number of hydrogen-bond acceptors (Lipinski definition) is 4. The molecule has 3 aliphatic rings. The van der Waals surface area contributed by atoms with E-state index < -0.39 is 5.54 Å². The molecule has 0 fully saturated rings. The lowest BCUT2D eigenvalue weighted by molar-refractivity contribution is 0.358. The lowest BCUT2D eigenvalue weighted by Gasteiger charge is -2.39. The second kappa shape index (κ2) is 9.43. The highest BCUT2D eigenvalue weighted by atomic mass is 32.1. The molecule has 2 aromatic heterocycles. The highest BCUT2D eigenvalue weighted by Gasteiger charge is 2.51. The van der Waals surface area contributed by atoms with Crippen molar-refractivity contribution in [2.75, 3.05) is 0 Å². The molecule has 2 atom stereocenters. The quantitative estimate of drug-likeness (QED) is 0.190. The number of hydrogen-bond donors (Lipinski definition) is 0. The average molecular weight is 633 g/mol. The first-order valence-corrected chi connectivity index (χ1v) is 17.3. The number of amidine groups is 1. The number of thiophene rings is 1. The number of benzene rings is 6. The minimum Gasteiger partial charge on any atom is -0.455 e. The second-order valence-electron chi connectivity index (χ2n) is 13.2. The molecule has 3 nitrogen and oxygen atoms in total. The van der Waals surface area contributed by atoms with Gasteiger partial charge in [-0.15, -0.1) is 11.3 Å². The molecule has 2 unspecified atom stereocenters. The number of rotatable bonds is 2. The number of nitrogens with zero attached hydrogens (tertiary/aromatic N) is 2. The molecule has 0 spiro atoms. The fourth-order valence-corrected chi connectivity index (χ4v) is 9.62. The van der Waals surface area contributed by atoms with Crippen molar-refractivity contribution >= 4 is 77.8 Å². The zero-order valence-corrected chi connectivity index (χ0v) is 27.0. The van der Waals surface area contributed by atoms with E-state index in [1.807, 2.05) is 23.5 Å². The molecule has 8 aromatic rings. The van der Waals surface area contributed by atoms with Crippen LogP contribution in [0, 0.1) is 0 Å². The van der Waals surface area contributed by atoms with E-state index in [4.69, 9.17) is 9.41 Å². The molecular weight excluding hydrogens is 605 g/mol. The molecule has 4 heterocycles. The first kappa shape index (κ1) is 26.4. The van der Waals surface area contributed by atoms with E-state index in [0.29, 0.717) is 0 Å². The Morgan fingerprint density at radius 1 is 0.708 bits per heavy atom. The monoisotopic (exact) mass is 632 g/mol. The van der Waals surface area contributed by atoms with Gasteiger partial charge in [0.15, 0.2) is 0 Å². The fourth-order valence-electron chi connectivity index (χ4n) is 8.32. The largest absolute Gasteiger partial charge is 0.455 e. The van der Waals surface area contributed by atoms with Crippen LogP contribution in [0.3, 0.4) is 0 Å². The predicted molar refractivity (Wildman–Crippen MR) is 201 cm³/mol. The van der Waals surface area contributed by atoms with Gasteiger partial charge in [-0.2, -0.15) is 0 Å². The summed E-state index contributed by atoms with van der Waals surface area (Å²) < 4.78 is 7.72. The SMILES string of the molecule is CC12N=C3c4sc5c(ccc6ccccc65)c4C=C(c4ccc(-c5cccc6c5oc5ccccc56)cc4)N3C1C=Cc1ccccc12. The van der Waals surface area contributed by atoms with Gasteiger partial charge in [-0.1, -0.05) is 133 Å². The maximum Gasteiger partial charge on any atom is 0.148 e. The predicted octanol–water partition coefficient (Wildman–Crippen LogP) is 11.5. The van der Waals surface area contributed by atoms with E-state index in [1.54, 1.807) is 0 Å². The molecular formula is C44H28N2OS. The Morgan fingerprint density at radius 2 is 1.48 bits per heavy atom. The minimum absolute atomic E-state index is 0.0627. The third kappa shape index (κ3) is 3.45. The number of aliphatic imine (C=N–C) groups is 1. The molecule has 6 aromatic carbocycles. The Balaban J connectivity index is 1.11. The van der Waals surface area contributed by atoms with Gasteiger partial charge in [0.25, 0.3) is 0 Å². The van der Waals surface area contributed by atoms with Gasteiger partial charge in [0.1, 0.15) is 22.5 Å². The molecule has 0 saturated carbocycles. The summed E-state index contributed by atoms with van der Waals surface area (Å²) in [5, 5.41) is 6.15. The summed E-state index contributed by atoms with van der Waals surface area (Å²) in [5.74, 6) is 1.07. The van der Waals surface area contributed by atoms with Gasteiger partial charge in [-0.3, -0.25) is 4.99 Å². The van der Waals surface area contributed by atoms with Gasteiger partial charge in [0.2, 0.25) is 0 Å². The van der Waals surface area contributed by atoms with Gasteiger partial charge in [-0.05, 0) is 52.1 Å². The molecule has 0 amide bonds. The normalized spacial score (nSPS) is 19.4. The van der Waals surface area contributed by atoms with Crippen molar-refractivity contribution in [1.82, 2.24) is 4.90 Å².